The van der Waals surface area contributed by atoms with E-state index in [1.165, 1.54) is 6.07 Å². The van der Waals surface area contributed by atoms with Crippen LogP contribution in [0.4, 0.5) is 17.1 Å². The van der Waals surface area contributed by atoms with E-state index in [2.05, 4.69) is 15.3 Å². The molecule has 2 heterocycles. The molecule has 9 nitrogen and oxygen atoms in total. The number of hydrogen-bond acceptors (Lipinski definition) is 7. The van der Waals surface area contributed by atoms with Gasteiger partial charge in [0.25, 0.3) is 11.6 Å². The zero-order valence-corrected chi connectivity index (χ0v) is 17.9. The zero-order chi connectivity index (χ0) is 22.7. The van der Waals surface area contributed by atoms with E-state index >= 15 is 0 Å². The second-order valence-electron chi connectivity index (χ2n) is 7.67. The molecule has 1 amide bonds. The van der Waals surface area contributed by atoms with E-state index in [0.717, 1.165) is 37.3 Å². The normalized spacial score (nSPS) is 13.1. The van der Waals surface area contributed by atoms with Crippen LogP contribution in [0, 0.1) is 24.0 Å². The van der Waals surface area contributed by atoms with Crippen LogP contribution in [0.2, 0.25) is 0 Å². The van der Waals surface area contributed by atoms with Crippen LogP contribution in [-0.4, -0.2) is 33.9 Å². The second-order valence-corrected chi connectivity index (χ2v) is 7.67. The largest absolute Gasteiger partial charge is 0.424 e. The lowest BCUT2D eigenvalue weighted by molar-refractivity contribution is -0.384. The summed E-state index contributed by atoms with van der Waals surface area (Å²) in [5.41, 5.74) is 2.87. The summed E-state index contributed by atoms with van der Waals surface area (Å²) in [5, 5.41) is 14.3. The van der Waals surface area contributed by atoms with Crippen molar-refractivity contribution in [2.45, 2.75) is 26.7 Å². The standard InChI is InChI=1S/C23H23N5O4/c1-15-13-16(2)25-23(24-15)32-19-8-6-18(7-9-19)26-22(29)17-5-10-20(21(14-17)28(30)31)27-11-3-4-12-27/h5-10,13-14H,3-4,11-12H2,1-2H3,(H,26,29). The first kappa shape index (κ1) is 21.2. The number of aryl methyl sites for hydroxylation is 2. The van der Waals surface area contributed by atoms with Crippen molar-refractivity contribution >= 4 is 23.0 Å². The number of nitro benzene ring substituents is 1. The number of carbonyl (C=O) groups is 1. The molecular weight excluding hydrogens is 410 g/mol. The van der Waals surface area contributed by atoms with Crippen molar-refractivity contribution in [3.63, 3.8) is 0 Å². The molecular formula is C23H23N5O4. The first-order chi connectivity index (χ1) is 15.4. The Morgan fingerprint density at radius 3 is 2.31 bits per heavy atom. The maximum Gasteiger partial charge on any atom is 0.322 e. The van der Waals surface area contributed by atoms with E-state index in [1.54, 1.807) is 36.4 Å². The van der Waals surface area contributed by atoms with Gasteiger partial charge in [0.15, 0.2) is 0 Å². The summed E-state index contributed by atoms with van der Waals surface area (Å²) in [4.78, 5) is 34.3. The molecule has 0 radical (unpaired) electrons. The Morgan fingerprint density at radius 1 is 1.03 bits per heavy atom. The molecule has 0 spiro atoms. The number of nitrogens with one attached hydrogen (secondary N) is 1. The highest BCUT2D eigenvalue weighted by molar-refractivity contribution is 6.05. The summed E-state index contributed by atoms with van der Waals surface area (Å²) in [5.74, 6) is 0.103. The lowest BCUT2D eigenvalue weighted by Gasteiger charge is -2.17. The van der Waals surface area contributed by atoms with Gasteiger partial charge in [0.2, 0.25) is 0 Å². The van der Waals surface area contributed by atoms with Gasteiger partial charge < -0.3 is 15.0 Å². The number of nitrogens with zero attached hydrogens (tertiary/aromatic N) is 4. The van der Waals surface area contributed by atoms with Gasteiger partial charge >= 0.3 is 6.01 Å². The SMILES string of the molecule is Cc1cc(C)nc(Oc2ccc(NC(=O)c3ccc(N4CCCC4)c([N+](=O)[O-])c3)cc2)n1. The molecule has 1 saturated heterocycles. The summed E-state index contributed by atoms with van der Waals surface area (Å²) in [6, 6.07) is 13.5. The van der Waals surface area contributed by atoms with E-state index < -0.39 is 10.8 Å². The number of anilines is 2. The lowest BCUT2D eigenvalue weighted by atomic mass is 10.1. The second kappa shape index (κ2) is 9.01. The van der Waals surface area contributed by atoms with E-state index in [0.29, 0.717) is 17.1 Å². The Kier molecular flexibility index (Phi) is 5.98. The first-order valence-electron chi connectivity index (χ1n) is 10.3. The van der Waals surface area contributed by atoms with Crippen molar-refractivity contribution in [2.24, 2.45) is 0 Å². The molecule has 4 rings (SSSR count). The molecule has 0 aliphatic carbocycles. The fourth-order valence-electron chi connectivity index (χ4n) is 3.69. The van der Waals surface area contributed by atoms with E-state index in [-0.39, 0.29) is 17.3 Å². The van der Waals surface area contributed by atoms with Gasteiger partial charge in [-0.3, -0.25) is 14.9 Å². The highest BCUT2D eigenvalue weighted by atomic mass is 16.6. The monoisotopic (exact) mass is 433 g/mol. The fraction of sp³-hybridized carbons (Fsp3) is 0.261. The summed E-state index contributed by atoms with van der Waals surface area (Å²) < 4.78 is 5.67. The number of aromatic nitrogens is 2. The van der Waals surface area contributed by atoms with Gasteiger partial charge in [0.1, 0.15) is 11.4 Å². The average molecular weight is 433 g/mol. The fourth-order valence-corrected chi connectivity index (χ4v) is 3.69. The van der Waals surface area contributed by atoms with Crippen LogP contribution in [0.3, 0.4) is 0 Å². The van der Waals surface area contributed by atoms with Gasteiger partial charge in [-0.1, -0.05) is 0 Å². The van der Waals surface area contributed by atoms with Crippen LogP contribution in [0.15, 0.2) is 48.5 Å². The van der Waals surface area contributed by atoms with Crippen molar-refractivity contribution in [1.82, 2.24) is 9.97 Å². The third-order valence-corrected chi connectivity index (χ3v) is 5.16. The number of rotatable bonds is 6. The third-order valence-electron chi connectivity index (χ3n) is 5.16. The Bertz CT molecular complexity index is 1140. The van der Waals surface area contributed by atoms with E-state index in [9.17, 15) is 14.9 Å². The average Bonchev–Trinajstić information content (AvgIpc) is 3.28. The highest BCUT2D eigenvalue weighted by Gasteiger charge is 2.24. The van der Waals surface area contributed by atoms with Crippen molar-refractivity contribution in [1.29, 1.82) is 0 Å². The van der Waals surface area contributed by atoms with Gasteiger partial charge in [-0.2, -0.15) is 0 Å². The Morgan fingerprint density at radius 2 is 1.69 bits per heavy atom. The summed E-state index contributed by atoms with van der Waals surface area (Å²) >= 11 is 0. The van der Waals surface area contributed by atoms with Crippen molar-refractivity contribution < 1.29 is 14.5 Å². The molecule has 164 valence electrons. The van der Waals surface area contributed by atoms with Crippen LogP contribution in [0.25, 0.3) is 0 Å². The molecule has 0 unspecified atom stereocenters. The van der Waals surface area contributed by atoms with Crippen LogP contribution < -0.4 is 15.0 Å². The minimum Gasteiger partial charge on any atom is -0.424 e. The molecule has 1 fully saturated rings. The van der Waals surface area contributed by atoms with Crippen molar-refractivity contribution in [2.75, 3.05) is 23.3 Å². The molecule has 1 aromatic heterocycles. The van der Waals surface area contributed by atoms with Crippen molar-refractivity contribution in [3.05, 3.63) is 75.6 Å². The zero-order valence-electron chi connectivity index (χ0n) is 17.9. The number of carbonyl (C=O) groups excluding carboxylic acids is 1. The number of nitro groups is 1. The predicted octanol–water partition coefficient (Wildman–Crippen LogP) is 4.65. The maximum absolute atomic E-state index is 12.7. The minimum atomic E-state index is -0.439. The Balaban J connectivity index is 1.46. The minimum absolute atomic E-state index is 0.0586. The molecule has 3 aromatic rings. The summed E-state index contributed by atoms with van der Waals surface area (Å²) in [6.07, 6.45) is 2.02. The van der Waals surface area contributed by atoms with Crippen molar-refractivity contribution in [3.8, 4) is 11.8 Å². The highest BCUT2D eigenvalue weighted by Crippen LogP contribution is 2.32. The molecule has 9 heteroatoms. The van der Waals surface area contributed by atoms with Crippen LogP contribution >= 0.6 is 0 Å². The predicted molar refractivity (Wildman–Crippen MR) is 121 cm³/mol. The molecule has 1 N–H and O–H groups in total. The van der Waals surface area contributed by atoms with Crippen LogP contribution in [-0.2, 0) is 0 Å². The van der Waals surface area contributed by atoms with Crippen LogP contribution in [0.5, 0.6) is 11.8 Å². The number of hydrogen-bond donors (Lipinski definition) is 1. The Hall–Kier alpha value is -4.01. The smallest absolute Gasteiger partial charge is 0.322 e. The number of amides is 1. The van der Waals surface area contributed by atoms with Gasteiger partial charge in [-0.15, -0.1) is 0 Å². The Labute approximate surface area is 185 Å². The number of ether oxygens (including phenoxy) is 1. The molecule has 1 aliphatic heterocycles. The molecule has 0 saturated carbocycles. The topological polar surface area (TPSA) is 110 Å². The van der Waals surface area contributed by atoms with Gasteiger partial charge in [0, 0.05) is 41.8 Å². The third kappa shape index (κ3) is 4.83. The van der Waals surface area contributed by atoms with Gasteiger partial charge in [0.05, 0.1) is 4.92 Å². The molecule has 1 aliphatic rings. The summed E-state index contributed by atoms with van der Waals surface area (Å²) in [7, 11) is 0. The van der Waals surface area contributed by atoms with Crippen LogP contribution in [0.1, 0.15) is 34.6 Å². The molecule has 0 atom stereocenters. The molecule has 2 aromatic carbocycles. The van der Waals surface area contributed by atoms with Gasteiger partial charge in [-0.25, -0.2) is 9.97 Å². The molecule has 0 bridgehead atoms. The quantitative estimate of drug-likeness (QED) is 0.445. The van der Waals surface area contributed by atoms with Gasteiger partial charge in [-0.05, 0) is 69.2 Å². The first-order valence-corrected chi connectivity index (χ1v) is 10.3. The maximum atomic E-state index is 12.7. The summed E-state index contributed by atoms with van der Waals surface area (Å²) in [6.45, 7) is 5.30. The lowest BCUT2D eigenvalue weighted by Crippen LogP contribution is -2.19. The molecule has 32 heavy (non-hydrogen) atoms. The van der Waals surface area contributed by atoms with E-state index in [4.69, 9.17) is 4.74 Å². The number of benzene rings is 2. The van der Waals surface area contributed by atoms with E-state index in [1.807, 2.05) is 24.8 Å².